The summed E-state index contributed by atoms with van der Waals surface area (Å²) in [4.78, 5) is 12.4. The van der Waals surface area contributed by atoms with Crippen molar-refractivity contribution < 1.29 is 22.6 Å². The maximum atomic E-state index is 13.4. The van der Waals surface area contributed by atoms with E-state index in [1.807, 2.05) is 66.4 Å². The SMILES string of the molecule is C=N/N=C(\N1CCN(c2ccc(CNc3cccc4c(NCc5ccc(OC)cc5OC)nccc34)cn2)C(C)C1)C(F)(F)F. The lowest BCUT2D eigenvalue weighted by Crippen LogP contribution is -2.56. The van der Waals surface area contributed by atoms with Gasteiger partial charge >= 0.3 is 6.18 Å². The number of ether oxygens (including phenoxy) is 2. The van der Waals surface area contributed by atoms with Gasteiger partial charge in [0.2, 0.25) is 5.84 Å². The molecule has 2 aromatic carbocycles. The Morgan fingerprint density at radius 3 is 2.53 bits per heavy atom. The normalized spacial score (nSPS) is 15.6. The Balaban J connectivity index is 1.23. The van der Waals surface area contributed by atoms with E-state index in [-0.39, 0.29) is 19.1 Å². The van der Waals surface area contributed by atoms with Crippen molar-refractivity contribution >= 4 is 40.6 Å². The second-order valence-electron chi connectivity index (χ2n) is 10.5. The zero-order valence-electron chi connectivity index (χ0n) is 25.3. The summed E-state index contributed by atoms with van der Waals surface area (Å²) in [6.07, 6.45) is -1.04. The molecule has 0 radical (unpaired) electrons. The Kier molecular flexibility index (Phi) is 9.55. The molecular formula is C32H35F3N8O2. The van der Waals surface area contributed by atoms with Crippen LogP contribution >= 0.6 is 0 Å². The molecule has 1 aliphatic heterocycles. The van der Waals surface area contributed by atoms with Crippen molar-refractivity contribution in [3.8, 4) is 11.5 Å². The zero-order valence-corrected chi connectivity index (χ0v) is 25.3. The molecule has 0 saturated carbocycles. The number of benzene rings is 2. The van der Waals surface area contributed by atoms with E-state index in [9.17, 15) is 13.2 Å². The zero-order chi connectivity index (χ0) is 32.0. The van der Waals surface area contributed by atoms with Gasteiger partial charge in [0.1, 0.15) is 23.1 Å². The van der Waals surface area contributed by atoms with Crippen LogP contribution in [0.4, 0.5) is 30.5 Å². The highest BCUT2D eigenvalue weighted by atomic mass is 19.4. The average molecular weight is 621 g/mol. The number of nitrogens with one attached hydrogen (secondary N) is 2. The van der Waals surface area contributed by atoms with Crippen molar-refractivity contribution in [2.75, 3.05) is 49.4 Å². The molecule has 45 heavy (non-hydrogen) atoms. The molecule has 4 aromatic rings. The highest BCUT2D eigenvalue weighted by Gasteiger charge is 2.42. The maximum absolute atomic E-state index is 13.4. The number of anilines is 3. The molecule has 1 aliphatic rings. The number of aromatic nitrogens is 2. The largest absolute Gasteiger partial charge is 0.497 e. The number of halogens is 3. The average Bonchev–Trinajstić information content (AvgIpc) is 3.05. The summed E-state index contributed by atoms with van der Waals surface area (Å²) in [7, 11) is 3.25. The third kappa shape index (κ3) is 7.19. The molecule has 0 aliphatic carbocycles. The fourth-order valence-electron chi connectivity index (χ4n) is 5.42. The monoisotopic (exact) mass is 620 g/mol. The molecule has 1 saturated heterocycles. The van der Waals surface area contributed by atoms with Crippen LogP contribution < -0.4 is 25.0 Å². The number of pyridine rings is 2. The summed E-state index contributed by atoms with van der Waals surface area (Å²) in [6.45, 7) is 6.64. The third-order valence-electron chi connectivity index (χ3n) is 7.68. The van der Waals surface area contributed by atoms with Crippen LogP contribution in [0.2, 0.25) is 0 Å². The number of methoxy groups -OCH3 is 2. The van der Waals surface area contributed by atoms with Crippen molar-refractivity contribution in [1.82, 2.24) is 14.9 Å². The predicted molar refractivity (Wildman–Crippen MR) is 172 cm³/mol. The smallest absolute Gasteiger partial charge is 0.451 e. The van der Waals surface area contributed by atoms with Gasteiger partial charge in [0.05, 0.1) is 14.2 Å². The van der Waals surface area contributed by atoms with Crippen molar-refractivity contribution in [3.05, 3.63) is 78.1 Å². The van der Waals surface area contributed by atoms with Gasteiger partial charge in [-0.15, -0.1) is 5.10 Å². The Labute approximate surface area is 259 Å². The predicted octanol–water partition coefficient (Wildman–Crippen LogP) is 5.96. The highest BCUT2D eigenvalue weighted by molar-refractivity contribution is 5.99. The summed E-state index contributed by atoms with van der Waals surface area (Å²) in [5.41, 5.74) is 2.89. The second-order valence-corrected chi connectivity index (χ2v) is 10.5. The van der Waals surface area contributed by atoms with Crippen molar-refractivity contribution in [2.24, 2.45) is 10.2 Å². The van der Waals surface area contributed by atoms with Gasteiger partial charge in [0, 0.05) is 86.0 Å². The van der Waals surface area contributed by atoms with Gasteiger partial charge < -0.3 is 29.9 Å². The molecule has 13 heteroatoms. The fraction of sp³-hybridized carbons (Fsp3) is 0.312. The lowest BCUT2D eigenvalue weighted by atomic mass is 10.1. The summed E-state index contributed by atoms with van der Waals surface area (Å²) in [6, 6.07) is 17.4. The maximum Gasteiger partial charge on any atom is 0.451 e. The number of amidine groups is 1. The van der Waals surface area contributed by atoms with E-state index in [1.165, 1.54) is 4.90 Å². The van der Waals surface area contributed by atoms with E-state index >= 15 is 0 Å². The summed E-state index contributed by atoms with van der Waals surface area (Å²) in [5.74, 6) is 1.89. The number of nitrogens with zero attached hydrogens (tertiary/aromatic N) is 6. The van der Waals surface area contributed by atoms with Crippen LogP contribution in [0.5, 0.6) is 11.5 Å². The van der Waals surface area contributed by atoms with Gasteiger partial charge in [0.15, 0.2) is 0 Å². The first-order valence-corrected chi connectivity index (χ1v) is 14.4. The fourth-order valence-corrected chi connectivity index (χ4v) is 5.42. The van der Waals surface area contributed by atoms with Gasteiger partial charge in [-0.25, -0.2) is 9.97 Å². The van der Waals surface area contributed by atoms with Crippen LogP contribution in [0.15, 0.2) is 77.2 Å². The second kappa shape index (κ2) is 13.7. The van der Waals surface area contributed by atoms with E-state index in [1.54, 1.807) is 26.6 Å². The van der Waals surface area contributed by atoms with Gasteiger partial charge in [0.25, 0.3) is 0 Å². The molecule has 0 amide bonds. The Bertz CT molecular complexity index is 1660. The quantitative estimate of drug-likeness (QED) is 0.127. The Morgan fingerprint density at radius 1 is 1.00 bits per heavy atom. The minimum Gasteiger partial charge on any atom is -0.497 e. The van der Waals surface area contributed by atoms with E-state index in [4.69, 9.17) is 9.47 Å². The first-order chi connectivity index (χ1) is 21.7. The van der Waals surface area contributed by atoms with Crippen LogP contribution in [-0.4, -0.2) is 73.5 Å². The molecule has 1 fully saturated rings. The summed E-state index contributed by atoms with van der Waals surface area (Å²) < 4.78 is 51.1. The van der Waals surface area contributed by atoms with E-state index < -0.39 is 12.0 Å². The van der Waals surface area contributed by atoms with Crippen molar-refractivity contribution in [1.29, 1.82) is 0 Å². The van der Waals surface area contributed by atoms with Crippen LogP contribution in [0.1, 0.15) is 18.1 Å². The molecule has 1 unspecified atom stereocenters. The van der Waals surface area contributed by atoms with Gasteiger partial charge in [-0.05, 0) is 42.8 Å². The first-order valence-electron chi connectivity index (χ1n) is 14.4. The Morgan fingerprint density at radius 2 is 1.84 bits per heavy atom. The first kappa shape index (κ1) is 31.4. The van der Waals surface area contributed by atoms with Gasteiger partial charge in [-0.1, -0.05) is 18.2 Å². The lowest BCUT2D eigenvalue weighted by Gasteiger charge is -2.41. The topological polar surface area (TPSA) is 99.5 Å². The van der Waals surface area contributed by atoms with E-state index in [2.05, 4.69) is 37.5 Å². The molecule has 2 N–H and O–H groups in total. The number of piperazine rings is 1. The molecule has 0 bridgehead atoms. The molecule has 1 atom stereocenters. The number of hydrogen-bond acceptors (Lipinski definition) is 9. The van der Waals surface area contributed by atoms with Gasteiger partial charge in [-0.3, -0.25) is 0 Å². The van der Waals surface area contributed by atoms with Crippen LogP contribution in [0.3, 0.4) is 0 Å². The van der Waals surface area contributed by atoms with Crippen LogP contribution in [0.25, 0.3) is 10.8 Å². The number of alkyl halides is 3. The minimum atomic E-state index is -4.60. The molecule has 0 spiro atoms. The third-order valence-corrected chi connectivity index (χ3v) is 7.68. The molecule has 236 valence electrons. The molecule has 3 heterocycles. The van der Waals surface area contributed by atoms with Crippen LogP contribution in [0, 0.1) is 0 Å². The van der Waals surface area contributed by atoms with Crippen molar-refractivity contribution in [2.45, 2.75) is 32.2 Å². The summed E-state index contributed by atoms with van der Waals surface area (Å²) >= 11 is 0. The molecular weight excluding hydrogens is 585 g/mol. The molecule has 2 aromatic heterocycles. The minimum absolute atomic E-state index is 0.138. The van der Waals surface area contributed by atoms with E-state index in [0.717, 1.165) is 44.9 Å². The molecule has 5 rings (SSSR count). The Hall–Kier alpha value is -5.07. The van der Waals surface area contributed by atoms with Gasteiger partial charge in [-0.2, -0.15) is 18.3 Å². The number of fused-ring (bicyclic) bond motifs is 1. The highest BCUT2D eigenvalue weighted by Crippen LogP contribution is 2.30. The van der Waals surface area contributed by atoms with E-state index in [0.29, 0.717) is 25.5 Å². The summed E-state index contributed by atoms with van der Waals surface area (Å²) in [5, 5.41) is 15.3. The number of rotatable bonds is 10. The standard InChI is InChI=1S/C32H35F3N8O2/c1-21-20-42(31(41-36-2)32(33,34)35)14-15-43(21)29-11-8-22(18-39-29)17-38-27-7-5-6-26-25(27)12-13-37-30(26)40-19-23-9-10-24(44-3)16-28(23)45-4/h5-13,16,18,21,38H,2,14-15,17,19-20H2,1,3-4H3,(H,37,40)/b41-31-. The van der Waals surface area contributed by atoms with Crippen molar-refractivity contribution in [3.63, 3.8) is 0 Å². The number of hydrogen-bond donors (Lipinski definition) is 2. The van der Waals surface area contributed by atoms with Crippen LogP contribution in [-0.2, 0) is 13.1 Å². The molecule has 10 nitrogen and oxygen atoms in total. The lowest BCUT2D eigenvalue weighted by molar-refractivity contribution is -0.0697.